The second kappa shape index (κ2) is 7.16. The Morgan fingerprint density at radius 2 is 2.00 bits per heavy atom. The van der Waals surface area contributed by atoms with Gasteiger partial charge in [-0.2, -0.15) is 5.10 Å². The number of fused-ring (bicyclic) bond motifs is 4. The monoisotopic (exact) mass is 356 g/mol. The molecular formula is C21H32N4O. The van der Waals surface area contributed by atoms with Crippen LogP contribution in [0, 0.1) is 24.7 Å². The molecule has 3 fully saturated rings. The third-order valence-electron chi connectivity index (χ3n) is 6.64. The van der Waals surface area contributed by atoms with E-state index in [0.29, 0.717) is 35.7 Å². The number of amides is 1. The van der Waals surface area contributed by atoms with Crippen LogP contribution in [0.3, 0.4) is 0 Å². The zero-order valence-electron chi connectivity index (χ0n) is 16.4. The fraction of sp³-hybridized carbons (Fsp3) is 0.762. The van der Waals surface area contributed by atoms with E-state index < -0.39 is 0 Å². The van der Waals surface area contributed by atoms with Crippen LogP contribution >= 0.6 is 0 Å². The number of aryl methyl sites for hydroxylation is 1. The average Bonchev–Trinajstić information content (AvgIpc) is 2.62. The topological polar surface area (TPSA) is 49.3 Å². The number of anilines is 1. The molecule has 4 atom stereocenters. The highest BCUT2D eigenvalue weighted by Gasteiger charge is 2.49. The highest BCUT2D eigenvalue weighted by molar-refractivity contribution is 5.78. The van der Waals surface area contributed by atoms with E-state index in [2.05, 4.69) is 46.0 Å². The van der Waals surface area contributed by atoms with Gasteiger partial charge in [-0.25, -0.2) is 0 Å². The number of piperidine rings is 3. The number of hydrogen-bond acceptors (Lipinski definition) is 4. The van der Waals surface area contributed by atoms with Gasteiger partial charge in [0, 0.05) is 31.6 Å². The summed E-state index contributed by atoms with van der Waals surface area (Å²) < 4.78 is 0. The zero-order valence-corrected chi connectivity index (χ0v) is 16.4. The van der Waals surface area contributed by atoms with Crippen molar-refractivity contribution in [2.45, 2.75) is 71.4 Å². The van der Waals surface area contributed by atoms with Crippen molar-refractivity contribution < 1.29 is 4.79 Å². The minimum absolute atomic E-state index is 0.410. The van der Waals surface area contributed by atoms with Gasteiger partial charge >= 0.3 is 0 Å². The van der Waals surface area contributed by atoms with Crippen molar-refractivity contribution in [3.8, 4) is 0 Å². The molecule has 0 N–H and O–H groups in total. The van der Waals surface area contributed by atoms with E-state index >= 15 is 0 Å². The first-order valence-electron chi connectivity index (χ1n) is 10.4. The molecule has 0 radical (unpaired) electrons. The van der Waals surface area contributed by atoms with Crippen LogP contribution in [0.4, 0.5) is 5.82 Å². The fourth-order valence-electron chi connectivity index (χ4n) is 5.40. The summed E-state index contributed by atoms with van der Waals surface area (Å²) in [7, 11) is 0. The van der Waals surface area contributed by atoms with Crippen molar-refractivity contribution >= 4 is 11.7 Å². The van der Waals surface area contributed by atoms with E-state index in [1.807, 2.05) is 6.92 Å². The summed E-state index contributed by atoms with van der Waals surface area (Å²) in [6, 6.07) is 5.01. The molecule has 4 rings (SSSR count). The van der Waals surface area contributed by atoms with Gasteiger partial charge in [-0.1, -0.05) is 13.8 Å². The van der Waals surface area contributed by atoms with Gasteiger partial charge in [0.15, 0.2) is 5.82 Å². The van der Waals surface area contributed by atoms with Crippen LogP contribution in [-0.2, 0) is 4.79 Å². The molecule has 1 aromatic rings. The second-order valence-corrected chi connectivity index (χ2v) is 8.99. The molecule has 1 aromatic heterocycles. The summed E-state index contributed by atoms with van der Waals surface area (Å²) in [5, 5.41) is 8.71. The summed E-state index contributed by atoms with van der Waals surface area (Å²) >= 11 is 0. The molecule has 4 heterocycles. The van der Waals surface area contributed by atoms with Crippen molar-refractivity contribution in [3.05, 3.63) is 17.8 Å². The number of nitrogens with zero attached hydrogens (tertiary/aromatic N) is 4. The van der Waals surface area contributed by atoms with Gasteiger partial charge < -0.3 is 9.80 Å². The number of carbonyl (C=O) groups is 1. The molecule has 0 saturated carbocycles. The lowest BCUT2D eigenvalue weighted by Crippen LogP contribution is -2.65. The quantitative estimate of drug-likeness (QED) is 0.829. The summed E-state index contributed by atoms with van der Waals surface area (Å²) in [5.41, 5.74) is 0.963. The molecule has 142 valence electrons. The summed E-state index contributed by atoms with van der Waals surface area (Å²) in [4.78, 5) is 17.6. The standard InChI is InChI=1S/C21H32N4O/c1-14(2)7-9-19-17-11-16(18-5-4-6-21(26)25(18)19)12-24(13-17)20-10-8-15(3)22-23-20/h8,10,14,16-19H,4-7,9,11-13H2,1-3H3/t16-,17+,18+,19+/m1/s1. The molecule has 3 aliphatic heterocycles. The number of rotatable bonds is 4. The first-order chi connectivity index (χ1) is 12.5. The Bertz CT molecular complexity index is 644. The first kappa shape index (κ1) is 17.7. The predicted octanol–water partition coefficient (Wildman–Crippen LogP) is 3.43. The summed E-state index contributed by atoms with van der Waals surface area (Å²) in [6.07, 6.45) is 6.60. The molecule has 3 aliphatic rings. The Morgan fingerprint density at radius 3 is 2.73 bits per heavy atom. The third-order valence-corrected chi connectivity index (χ3v) is 6.64. The Kier molecular flexibility index (Phi) is 4.89. The maximum absolute atomic E-state index is 12.8. The molecule has 0 aromatic carbocycles. The number of carbonyl (C=O) groups excluding carboxylic acids is 1. The Hall–Kier alpha value is -1.65. The van der Waals surface area contributed by atoms with E-state index in [0.717, 1.165) is 43.9 Å². The molecule has 0 spiro atoms. The van der Waals surface area contributed by atoms with Crippen molar-refractivity contribution in [1.29, 1.82) is 0 Å². The van der Waals surface area contributed by atoms with Gasteiger partial charge in [0.1, 0.15) is 0 Å². The first-order valence-corrected chi connectivity index (χ1v) is 10.4. The van der Waals surface area contributed by atoms with Crippen LogP contribution < -0.4 is 4.90 Å². The SMILES string of the molecule is Cc1ccc(N2C[C@H]3C[C@@H](C2)[C@H](CCC(C)C)N2C(=O)CCC[C@@H]32)nn1. The summed E-state index contributed by atoms with van der Waals surface area (Å²) in [6.45, 7) is 8.58. The highest BCUT2D eigenvalue weighted by atomic mass is 16.2. The Labute approximate surface area is 157 Å². The smallest absolute Gasteiger partial charge is 0.223 e. The lowest BCUT2D eigenvalue weighted by molar-refractivity contribution is -0.149. The highest BCUT2D eigenvalue weighted by Crippen LogP contribution is 2.43. The third kappa shape index (κ3) is 3.33. The zero-order chi connectivity index (χ0) is 18.3. The van der Waals surface area contributed by atoms with Crippen LogP contribution in [0.25, 0.3) is 0 Å². The maximum atomic E-state index is 12.8. The molecule has 0 aliphatic carbocycles. The Balaban J connectivity index is 1.59. The van der Waals surface area contributed by atoms with Crippen LogP contribution in [0.15, 0.2) is 12.1 Å². The molecule has 26 heavy (non-hydrogen) atoms. The number of aromatic nitrogens is 2. The van der Waals surface area contributed by atoms with E-state index in [1.165, 1.54) is 19.3 Å². The van der Waals surface area contributed by atoms with Gasteiger partial charge in [-0.3, -0.25) is 4.79 Å². The van der Waals surface area contributed by atoms with Crippen molar-refractivity contribution in [1.82, 2.24) is 15.1 Å². The number of hydrogen-bond donors (Lipinski definition) is 0. The van der Waals surface area contributed by atoms with E-state index in [1.54, 1.807) is 0 Å². The predicted molar refractivity (Wildman–Crippen MR) is 103 cm³/mol. The molecule has 1 amide bonds. The van der Waals surface area contributed by atoms with Gasteiger partial charge in [-0.15, -0.1) is 5.10 Å². The fourth-order valence-corrected chi connectivity index (χ4v) is 5.40. The largest absolute Gasteiger partial charge is 0.354 e. The van der Waals surface area contributed by atoms with Gasteiger partial charge in [-0.05, 0) is 68.9 Å². The van der Waals surface area contributed by atoms with Crippen LogP contribution in [0.2, 0.25) is 0 Å². The van der Waals surface area contributed by atoms with Gasteiger partial charge in [0.05, 0.1) is 5.69 Å². The lowest BCUT2D eigenvalue weighted by atomic mass is 9.71. The molecular weight excluding hydrogens is 324 g/mol. The van der Waals surface area contributed by atoms with E-state index in [-0.39, 0.29) is 0 Å². The lowest BCUT2D eigenvalue weighted by Gasteiger charge is -2.57. The van der Waals surface area contributed by atoms with Gasteiger partial charge in [0.2, 0.25) is 5.91 Å². The molecule has 3 saturated heterocycles. The van der Waals surface area contributed by atoms with Crippen LogP contribution in [-0.4, -0.2) is 46.2 Å². The average molecular weight is 357 g/mol. The maximum Gasteiger partial charge on any atom is 0.223 e. The molecule has 5 nitrogen and oxygen atoms in total. The van der Waals surface area contributed by atoms with E-state index in [4.69, 9.17) is 0 Å². The minimum Gasteiger partial charge on any atom is -0.354 e. The Morgan fingerprint density at radius 1 is 1.19 bits per heavy atom. The molecule has 0 unspecified atom stereocenters. The normalized spacial score (nSPS) is 31.3. The molecule has 5 heteroatoms. The van der Waals surface area contributed by atoms with Crippen LogP contribution in [0.5, 0.6) is 0 Å². The molecule has 2 bridgehead atoms. The van der Waals surface area contributed by atoms with Crippen molar-refractivity contribution in [3.63, 3.8) is 0 Å². The van der Waals surface area contributed by atoms with Crippen molar-refractivity contribution in [2.75, 3.05) is 18.0 Å². The van der Waals surface area contributed by atoms with Gasteiger partial charge in [0.25, 0.3) is 0 Å². The van der Waals surface area contributed by atoms with E-state index in [9.17, 15) is 4.79 Å². The van der Waals surface area contributed by atoms with Crippen molar-refractivity contribution in [2.24, 2.45) is 17.8 Å². The minimum atomic E-state index is 0.410. The summed E-state index contributed by atoms with van der Waals surface area (Å²) in [5.74, 6) is 3.25. The van der Waals surface area contributed by atoms with Crippen LogP contribution in [0.1, 0.15) is 58.1 Å². The second-order valence-electron chi connectivity index (χ2n) is 8.99.